The number of likely N-dealkylation sites (tertiary alicyclic amines) is 1. The Morgan fingerprint density at radius 2 is 1.82 bits per heavy atom. The molecule has 0 amide bonds. The molecular weight excluding hydrogens is 286 g/mol. The van der Waals surface area contributed by atoms with Crippen LogP contribution in [0.2, 0.25) is 0 Å². The van der Waals surface area contributed by atoms with Gasteiger partial charge in [0.2, 0.25) is 0 Å². The highest BCUT2D eigenvalue weighted by molar-refractivity contribution is 7.99. The number of hydrogen-bond donors (Lipinski definition) is 0. The molecule has 2 heteroatoms. The molecule has 116 valence electrons. The largest absolute Gasteiger partial charge is 0.303 e. The summed E-state index contributed by atoms with van der Waals surface area (Å²) >= 11 is 2.01. The van der Waals surface area contributed by atoms with Gasteiger partial charge in [0.15, 0.2) is 0 Å². The van der Waals surface area contributed by atoms with Gasteiger partial charge in [0.05, 0.1) is 0 Å². The molecule has 0 N–H and O–H groups in total. The van der Waals surface area contributed by atoms with Gasteiger partial charge in [-0.05, 0) is 57.5 Å². The number of benzene rings is 2. The van der Waals surface area contributed by atoms with Crippen LogP contribution >= 0.6 is 11.8 Å². The molecule has 0 radical (unpaired) electrons. The maximum atomic E-state index is 2.53. The molecule has 1 saturated heterocycles. The van der Waals surface area contributed by atoms with Crippen molar-refractivity contribution in [3.8, 4) is 0 Å². The van der Waals surface area contributed by atoms with Crippen LogP contribution in [-0.4, -0.2) is 24.5 Å². The van der Waals surface area contributed by atoms with Crippen LogP contribution in [-0.2, 0) is 0 Å². The average molecular weight is 311 g/mol. The van der Waals surface area contributed by atoms with E-state index in [0.717, 1.165) is 6.04 Å². The molecule has 2 unspecified atom stereocenters. The fraction of sp³-hybridized carbons (Fsp3) is 0.400. The second-order valence-electron chi connectivity index (χ2n) is 6.34. The molecule has 0 spiro atoms. The normalized spacial score (nSPS) is 20.2. The molecule has 1 nitrogen and oxygen atoms in total. The molecule has 1 aliphatic rings. The Hall–Kier alpha value is -1.25. The van der Waals surface area contributed by atoms with Crippen LogP contribution < -0.4 is 0 Å². The lowest BCUT2D eigenvalue weighted by molar-refractivity contribution is 0.295. The Morgan fingerprint density at radius 3 is 2.45 bits per heavy atom. The van der Waals surface area contributed by atoms with Gasteiger partial charge in [0, 0.05) is 16.2 Å². The highest BCUT2D eigenvalue weighted by Gasteiger charge is 2.25. The van der Waals surface area contributed by atoms with Crippen LogP contribution in [0, 0.1) is 6.92 Å². The Balaban J connectivity index is 1.78. The predicted octanol–water partition coefficient (Wildman–Crippen LogP) is 5.31. The summed E-state index contributed by atoms with van der Waals surface area (Å²) in [5.41, 5.74) is 2.78. The Kier molecular flexibility index (Phi) is 5.22. The highest BCUT2D eigenvalue weighted by atomic mass is 32.2. The van der Waals surface area contributed by atoms with E-state index in [-0.39, 0.29) is 0 Å². The van der Waals surface area contributed by atoms with Crippen LogP contribution in [0.15, 0.2) is 59.5 Å². The van der Waals surface area contributed by atoms with Crippen molar-refractivity contribution in [1.29, 1.82) is 0 Å². The fourth-order valence-electron chi connectivity index (χ4n) is 3.23. The molecule has 22 heavy (non-hydrogen) atoms. The van der Waals surface area contributed by atoms with Gasteiger partial charge in [-0.1, -0.05) is 48.0 Å². The minimum absolute atomic E-state index is 0.537. The Labute approximate surface area is 138 Å². The predicted molar refractivity (Wildman–Crippen MR) is 96.5 cm³/mol. The molecule has 2 atom stereocenters. The Bertz CT molecular complexity index is 578. The first-order valence-corrected chi connectivity index (χ1v) is 9.09. The Morgan fingerprint density at radius 1 is 1.09 bits per heavy atom. The number of aryl methyl sites for hydroxylation is 1. The van der Waals surface area contributed by atoms with Crippen LogP contribution in [0.1, 0.15) is 35.6 Å². The number of thioether (sulfide) groups is 1. The average Bonchev–Trinajstić information content (AvgIpc) is 2.95. The molecule has 0 aromatic heterocycles. The number of nitrogens with zero attached hydrogens (tertiary/aromatic N) is 1. The lowest BCUT2D eigenvalue weighted by atomic mass is 10.0. The van der Waals surface area contributed by atoms with E-state index in [4.69, 9.17) is 0 Å². The van der Waals surface area contributed by atoms with E-state index < -0.39 is 0 Å². The molecule has 0 bridgehead atoms. The maximum Gasteiger partial charge on any atom is 0.0359 e. The third-order valence-electron chi connectivity index (χ3n) is 4.63. The summed E-state index contributed by atoms with van der Waals surface area (Å²) in [4.78, 5) is 3.91. The topological polar surface area (TPSA) is 3.24 Å². The van der Waals surface area contributed by atoms with Crippen LogP contribution in [0.4, 0.5) is 0 Å². The molecular formula is C20H25NS. The summed E-state index contributed by atoms with van der Waals surface area (Å²) in [6.45, 7) is 3.40. The van der Waals surface area contributed by atoms with Gasteiger partial charge in [-0.2, -0.15) is 0 Å². The summed E-state index contributed by atoms with van der Waals surface area (Å²) < 4.78 is 0. The fourth-order valence-corrected chi connectivity index (χ4v) is 4.46. The smallest absolute Gasteiger partial charge is 0.0359 e. The summed E-state index contributed by atoms with van der Waals surface area (Å²) in [6.07, 6.45) is 3.92. The quantitative estimate of drug-likeness (QED) is 0.688. The zero-order valence-corrected chi connectivity index (χ0v) is 14.4. The van der Waals surface area contributed by atoms with Crippen LogP contribution in [0.3, 0.4) is 0 Å². The van der Waals surface area contributed by atoms with Gasteiger partial charge in [-0.15, -0.1) is 11.8 Å². The SMILES string of the molecule is Cc1ccc(SC(CC2CCCN2C)c2ccccc2)cc1. The maximum absolute atomic E-state index is 2.53. The molecule has 0 saturated carbocycles. The van der Waals surface area contributed by atoms with Gasteiger partial charge in [0.25, 0.3) is 0 Å². The van der Waals surface area contributed by atoms with E-state index >= 15 is 0 Å². The highest BCUT2D eigenvalue weighted by Crippen LogP contribution is 2.40. The van der Waals surface area contributed by atoms with Crippen LogP contribution in [0.25, 0.3) is 0 Å². The first kappa shape index (κ1) is 15.6. The molecule has 1 heterocycles. The molecule has 2 aromatic carbocycles. The van der Waals surface area contributed by atoms with E-state index in [2.05, 4.69) is 73.5 Å². The second-order valence-corrected chi connectivity index (χ2v) is 7.62. The van der Waals surface area contributed by atoms with E-state index in [0.29, 0.717) is 5.25 Å². The van der Waals surface area contributed by atoms with Gasteiger partial charge < -0.3 is 4.90 Å². The summed E-state index contributed by atoms with van der Waals surface area (Å²) in [6, 6.07) is 20.7. The minimum atomic E-state index is 0.537. The van der Waals surface area contributed by atoms with Crippen molar-refractivity contribution in [2.24, 2.45) is 0 Å². The zero-order chi connectivity index (χ0) is 15.4. The molecule has 1 fully saturated rings. The van der Waals surface area contributed by atoms with E-state index in [9.17, 15) is 0 Å². The van der Waals surface area contributed by atoms with Gasteiger partial charge >= 0.3 is 0 Å². The van der Waals surface area contributed by atoms with Crippen molar-refractivity contribution < 1.29 is 0 Å². The second kappa shape index (κ2) is 7.34. The zero-order valence-electron chi connectivity index (χ0n) is 13.5. The summed E-state index contributed by atoms with van der Waals surface area (Å²) in [5, 5.41) is 0.537. The van der Waals surface area contributed by atoms with E-state index in [1.807, 2.05) is 11.8 Å². The van der Waals surface area contributed by atoms with Crippen molar-refractivity contribution in [2.45, 2.75) is 42.4 Å². The number of hydrogen-bond acceptors (Lipinski definition) is 2. The standard InChI is InChI=1S/C20H25NS/c1-16-10-12-19(13-11-16)22-20(17-7-4-3-5-8-17)15-18-9-6-14-21(18)2/h3-5,7-8,10-13,18,20H,6,9,14-15H2,1-2H3. The van der Waals surface area contributed by atoms with Crippen molar-refractivity contribution in [3.63, 3.8) is 0 Å². The lowest BCUT2D eigenvalue weighted by Gasteiger charge is -2.25. The molecule has 1 aliphatic heterocycles. The van der Waals surface area contributed by atoms with Crippen molar-refractivity contribution in [2.75, 3.05) is 13.6 Å². The minimum Gasteiger partial charge on any atom is -0.303 e. The van der Waals surface area contributed by atoms with Crippen molar-refractivity contribution in [1.82, 2.24) is 4.90 Å². The number of rotatable bonds is 5. The monoisotopic (exact) mass is 311 g/mol. The molecule has 0 aliphatic carbocycles. The summed E-state index contributed by atoms with van der Waals surface area (Å²) in [7, 11) is 2.27. The first-order valence-electron chi connectivity index (χ1n) is 8.21. The van der Waals surface area contributed by atoms with Crippen LogP contribution in [0.5, 0.6) is 0 Å². The summed E-state index contributed by atoms with van der Waals surface area (Å²) in [5.74, 6) is 0. The molecule has 2 aromatic rings. The van der Waals surface area contributed by atoms with Crippen molar-refractivity contribution >= 4 is 11.8 Å². The van der Waals surface area contributed by atoms with Gasteiger partial charge in [0.1, 0.15) is 0 Å². The third kappa shape index (κ3) is 3.93. The van der Waals surface area contributed by atoms with Gasteiger partial charge in [-0.3, -0.25) is 0 Å². The molecule has 3 rings (SSSR count). The van der Waals surface area contributed by atoms with E-state index in [1.54, 1.807) is 0 Å². The lowest BCUT2D eigenvalue weighted by Crippen LogP contribution is -2.26. The first-order chi connectivity index (χ1) is 10.7. The van der Waals surface area contributed by atoms with Crippen molar-refractivity contribution in [3.05, 3.63) is 65.7 Å². The van der Waals surface area contributed by atoms with Gasteiger partial charge in [-0.25, -0.2) is 0 Å². The third-order valence-corrected chi connectivity index (χ3v) is 5.92. The van der Waals surface area contributed by atoms with E-state index in [1.165, 1.54) is 41.8 Å².